The van der Waals surface area contributed by atoms with Gasteiger partial charge in [0, 0.05) is 11.6 Å². The van der Waals surface area contributed by atoms with Crippen molar-refractivity contribution in [3.63, 3.8) is 0 Å². The predicted molar refractivity (Wildman–Crippen MR) is 115 cm³/mol. The minimum absolute atomic E-state index is 0.130. The van der Waals surface area contributed by atoms with Crippen LogP contribution < -0.4 is 9.64 Å². The van der Waals surface area contributed by atoms with E-state index >= 15 is 0 Å². The molecule has 1 aliphatic rings. The highest BCUT2D eigenvalue weighted by atomic mass is 19.1. The Morgan fingerprint density at radius 2 is 2.00 bits per heavy atom. The lowest BCUT2D eigenvalue weighted by molar-refractivity contribution is -0.132. The van der Waals surface area contributed by atoms with Gasteiger partial charge in [0.15, 0.2) is 5.82 Å². The van der Waals surface area contributed by atoms with Crippen molar-refractivity contribution < 1.29 is 28.3 Å². The minimum atomic E-state index is -1.00. The maximum absolute atomic E-state index is 13.4. The lowest BCUT2D eigenvalue weighted by atomic mass is 9.95. The summed E-state index contributed by atoms with van der Waals surface area (Å²) >= 11 is 0. The highest BCUT2D eigenvalue weighted by Crippen LogP contribution is 2.42. The van der Waals surface area contributed by atoms with E-state index in [1.807, 2.05) is 0 Å². The van der Waals surface area contributed by atoms with Crippen molar-refractivity contribution in [2.24, 2.45) is 0 Å². The van der Waals surface area contributed by atoms with Crippen LogP contribution in [-0.4, -0.2) is 28.6 Å². The number of aryl methyl sites for hydroxylation is 1. The van der Waals surface area contributed by atoms with E-state index in [9.17, 15) is 19.1 Å². The number of hydrogen-bond donors (Lipinski definition) is 1. The molecule has 1 amide bonds. The van der Waals surface area contributed by atoms with Crippen molar-refractivity contribution in [2.75, 3.05) is 11.5 Å². The number of rotatable bonds is 6. The fourth-order valence-corrected chi connectivity index (χ4v) is 3.54. The van der Waals surface area contributed by atoms with Crippen LogP contribution in [0.2, 0.25) is 0 Å². The largest absolute Gasteiger partial charge is 0.507 e. The lowest BCUT2D eigenvalue weighted by Crippen LogP contribution is -2.29. The zero-order valence-electron chi connectivity index (χ0n) is 17.1. The second kappa shape index (κ2) is 8.50. The number of nitrogens with zero attached hydrogens (tertiary/aromatic N) is 2. The summed E-state index contributed by atoms with van der Waals surface area (Å²) in [6.07, 6.45) is 1.59. The third kappa shape index (κ3) is 3.78. The van der Waals surface area contributed by atoms with Gasteiger partial charge < -0.3 is 14.4 Å². The van der Waals surface area contributed by atoms with Crippen molar-refractivity contribution in [1.82, 2.24) is 5.16 Å². The van der Waals surface area contributed by atoms with Crippen molar-refractivity contribution in [2.45, 2.75) is 13.0 Å². The number of Topliss-reactive ketones (excluding diaryl/α,β-unsaturated/α-hetero) is 1. The average molecular weight is 434 g/mol. The topological polar surface area (TPSA) is 92.9 Å². The summed E-state index contributed by atoms with van der Waals surface area (Å²) in [5, 5.41) is 14.9. The van der Waals surface area contributed by atoms with Gasteiger partial charge in [0.2, 0.25) is 0 Å². The predicted octanol–water partition coefficient (Wildman–Crippen LogP) is 4.31. The molecular weight excluding hydrogens is 415 g/mol. The number of ketones is 1. The third-order valence-electron chi connectivity index (χ3n) is 4.97. The first kappa shape index (κ1) is 21.0. The van der Waals surface area contributed by atoms with Crippen LogP contribution >= 0.6 is 0 Å². The summed E-state index contributed by atoms with van der Waals surface area (Å²) in [5.41, 5.74) is 0.558. The lowest BCUT2D eigenvalue weighted by Gasteiger charge is -2.23. The number of halogens is 1. The summed E-state index contributed by atoms with van der Waals surface area (Å²) in [7, 11) is 0. The van der Waals surface area contributed by atoms with Crippen LogP contribution in [0.15, 0.2) is 77.3 Å². The molecule has 1 aliphatic heterocycles. The molecule has 0 saturated carbocycles. The van der Waals surface area contributed by atoms with Crippen LogP contribution in [0.5, 0.6) is 5.75 Å². The monoisotopic (exact) mass is 434 g/mol. The number of hydrogen-bond acceptors (Lipinski definition) is 6. The summed E-state index contributed by atoms with van der Waals surface area (Å²) < 4.78 is 24.1. The Morgan fingerprint density at radius 1 is 1.25 bits per heavy atom. The molecule has 1 N–H and O–H groups in total. The van der Waals surface area contributed by atoms with Gasteiger partial charge in [-0.3, -0.25) is 14.5 Å². The quantitative estimate of drug-likeness (QED) is 0.269. The summed E-state index contributed by atoms with van der Waals surface area (Å²) in [6, 6.07) is 12.3. The SMILES string of the molecule is C=CCOc1cccc([C@@H]2C(=C(O)c3ccc(F)cc3)C(=O)C(=O)N2c2cc(C)on2)c1. The summed E-state index contributed by atoms with van der Waals surface area (Å²) in [6.45, 7) is 5.54. The van der Waals surface area contributed by atoms with Crippen LogP contribution in [0.1, 0.15) is 22.9 Å². The molecule has 1 fully saturated rings. The Bertz CT molecular complexity index is 1230. The molecule has 32 heavy (non-hydrogen) atoms. The number of carbonyl (C=O) groups is 2. The molecule has 2 heterocycles. The molecule has 1 atom stereocenters. The zero-order chi connectivity index (χ0) is 22.8. The second-order valence-corrected chi connectivity index (χ2v) is 7.14. The Morgan fingerprint density at radius 3 is 2.66 bits per heavy atom. The fraction of sp³-hybridized carbons (Fsp3) is 0.125. The molecule has 0 bridgehead atoms. The Labute approximate surface area is 183 Å². The van der Waals surface area contributed by atoms with E-state index in [2.05, 4.69) is 11.7 Å². The van der Waals surface area contributed by atoms with Crippen molar-refractivity contribution >= 4 is 23.3 Å². The van der Waals surface area contributed by atoms with Crippen LogP contribution in [0.4, 0.5) is 10.2 Å². The molecular formula is C24H19FN2O5. The Hall–Kier alpha value is -4.20. The molecule has 1 saturated heterocycles. The van der Waals surface area contributed by atoms with E-state index in [1.54, 1.807) is 37.3 Å². The number of benzene rings is 2. The first-order valence-corrected chi connectivity index (χ1v) is 9.74. The molecule has 8 heteroatoms. The number of aromatic nitrogens is 1. The number of aliphatic hydroxyl groups is 1. The average Bonchev–Trinajstić information content (AvgIpc) is 3.33. The number of ether oxygens (including phenoxy) is 1. The van der Waals surface area contributed by atoms with Crippen LogP contribution in [0.25, 0.3) is 5.76 Å². The molecule has 2 aromatic carbocycles. The van der Waals surface area contributed by atoms with Gasteiger partial charge in [0.25, 0.3) is 5.78 Å². The van der Waals surface area contributed by atoms with Crippen LogP contribution in [0, 0.1) is 12.7 Å². The molecule has 0 unspecified atom stereocenters. The first-order chi connectivity index (χ1) is 15.4. The number of carbonyl (C=O) groups excluding carboxylic acids is 2. The van der Waals surface area contributed by atoms with E-state index in [0.29, 0.717) is 17.1 Å². The molecule has 4 rings (SSSR count). The van der Waals surface area contributed by atoms with E-state index < -0.39 is 29.3 Å². The highest BCUT2D eigenvalue weighted by Gasteiger charge is 2.48. The van der Waals surface area contributed by atoms with Gasteiger partial charge in [-0.25, -0.2) is 4.39 Å². The van der Waals surface area contributed by atoms with Crippen LogP contribution in [0.3, 0.4) is 0 Å². The minimum Gasteiger partial charge on any atom is -0.507 e. The van der Waals surface area contributed by atoms with Crippen molar-refractivity contribution in [3.05, 3.63) is 95.5 Å². The van der Waals surface area contributed by atoms with E-state index in [-0.39, 0.29) is 23.6 Å². The smallest absolute Gasteiger partial charge is 0.301 e. The fourth-order valence-electron chi connectivity index (χ4n) is 3.54. The Balaban J connectivity index is 1.90. The normalized spacial score (nSPS) is 17.6. The standard InChI is InChI=1S/C24H19FN2O5/c1-3-11-31-18-6-4-5-16(13-18)21-20(22(28)15-7-9-17(25)10-8-15)23(29)24(30)27(21)19-12-14(2)32-26-19/h3-10,12-13,21,28H,1,11H2,2H3/t21-/m1/s1. The molecule has 0 spiro atoms. The van der Waals surface area contributed by atoms with Gasteiger partial charge >= 0.3 is 5.91 Å². The van der Waals surface area contributed by atoms with Crippen molar-refractivity contribution in [3.8, 4) is 5.75 Å². The maximum atomic E-state index is 13.4. The van der Waals surface area contributed by atoms with E-state index in [4.69, 9.17) is 9.26 Å². The van der Waals surface area contributed by atoms with Gasteiger partial charge in [-0.2, -0.15) is 0 Å². The summed E-state index contributed by atoms with van der Waals surface area (Å²) in [5.74, 6) is -1.62. The van der Waals surface area contributed by atoms with E-state index in [1.165, 1.54) is 23.1 Å². The van der Waals surface area contributed by atoms with Crippen molar-refractivity contribution in [1.29, 1.82) is 0 Å². The zero-order valence-corrected chi connectivity index (χ0v) is 17.1. The third-order valence-corrected chi connectivity index (χ3v) is 4.97. The molecule has 3 aromatic rings. The molecule has 1 aromatic heterocycles. The van der Waals surface area contributed by atoms with Crippen LogP contribution in [-0.2, 0) is 9.59 Å². The van der Waals surface area contributed by atoms with E-state index in [0.717, 1.165) is 12.1 Å². The Kier molecular flexibility index (Phi) is 5.59. The molecule has 7 nitrogen and oxygen atoms in total. The van der Waals surface area contributed by atoms with Gasteiger partial charge in [0.1, 0.15) is 29.7 Å². The number of amides is 1. The first-order valence-electron chi connectivity index (χ1n) is 9.74. The number of anilines is 1. The maximum Gasteiger partial charge on any atom is 0.301 e. The second-order valence-electron chi connectivity index (χ2n) is 7.14. The van der Waals surface area contributed by atoms with Gasteiger partial charge in [-0.1, -0.05) is 29.9 Å². The highest BCUT2D eigenvalue weighted by molar-refractivity contribution is 6.51. The molecule has 162 valence electrons. The van der Waals surface area contributed by atoms with Gasteiger partial charge in [0.05, 0.1) is 11.6 Å². The summed E-state index contributed by atoms with van der Waals surface area (Å²) in [4.78, 5) is 27.2. The van der Waals surface area contributed by atoms with Gasteiger partial charge in [-0.05, 0) is 48.9 Å². The van der Waals surface area contributed by atoms with Gasteiger partial charge in [-0.15, -0.1) is 0 Å². The molecule has 0 radical (unpaired) electrons. The molecule has 0 aliphatic carbocycles. The number of aliphatic hydroxyl groups excluding tert-OH is 1.